The Kier molecular flexibility index (Phi) is 2.43. The van der Waals surface area contributed by atoms with Crippen molar-refractivity contribution in [2.75, 3.05) is 13.6 Å². The Morgan fingerprint density at radius 2 is 2.28 bits per heavy atom. The lowest BCUT2D eigenvalue weighted by Gasteiger charge is -2.13. The van der Waals surface area contributed by atoms with E-state index in [2.05, 4.69) is 15.0 Å². The number of aromatic amines is 1. The highest BCUT2D eigenvalue weighted by Crippen LogP contribution is 2.26. The van der Waals surface area contributed by atoms with Gasteiger partial charge in [0.25, 0.3) is 0 Å². The number of amides is 1. The predicted molar refractivity (Wildman–Crippen MR) is 65.8 cm³/mol. The molecule has 1 fully saturated rings. The number of carbonyl (C=O) groups excluding carboxylic acids is 1. The minimum atomic E-state index is -0.155. The van der Waals surface area contributed by atoms with E-state index in [1.165, 1.54) is 0 Å². The second-order valence-corrected chi connectivity index (χ2v) is 4.64. The SMILES string of the molecule is Cc1cnc(-c2nccn2C2CCN(C)C2=O)[nH]1. The molecule has 1 amide bonds. The maximum atomic E-state index is 12.0. The van der Waals surface area contributed by atoms with E-state index in [1.807, 2.05) is 24.7 Å². The van der Waals surface area contributed by atoms with E-state index >= 15 is 0 Å². The molecule has 1 unspecified atom stereocenters. The van der Waals surface area contributed by atoms with Crippen molar-refractivity contribution in [2.24, 2.45) is 0 Å². The lowest BCUT2D eigenvalue weighted by Crippen LogP contribution is -2.24. The molecular formula is C12H15N5O. The van der Waals surface area contributed by atoms with Crippen LogP contribution in [0.25, 0.3) is 11.6 Å². The van der Waals surface area contributed by atoms with Crippen LogP contribution in [0, 0.1) is 6.92 Å². The Bertz CT molecular complexity index is 585. The van der Waals surface area contributed by atoms with Crippen molar-refractivity contribution in [3.8, 4) is 11.6 Å². The van der Waals surface area contributed by atoms with Gasteiger partial charge >= 0.3 is 0 Å². The molecule has 1 aliphatic rings. The molecule has 0 spiro atoms. The molecule has 0 bridgehead atoms. The highest BCUT2D eigenvalue weighted by Gasteiger charge is 2.32. The van der Waals surface area contributed by atoms with Gasteiger partial charge in [0.05, 0.1) is 0 Å². The van der Waals surface area contributed by atoms with E-state index in [0.29, 0.717) is 5.82 Å². The molecule has 0 saturated carbocycles. The van der Waals surface area contributed by atoms with Crippen LogP contribution in [0.4, 0.5) is 0 Å². The van der Waals surface area contributed by atoms with E-state index < -0.39 is 0 Å². The van der Waals surface area contributed by atoms with Gasteiger partial charge in [0.15, 0.2) is 11.6 Å². The maximum Gasteiger partial charge on any atom is 0.245 e. The number of likely N-dealkylation sites (tertiary alicyclic amines) is 1. The summed E-state index contributed by atoms with van der Waals surface area (Å²) in [6.07, 6.45) is 6.13. The Labute approximate surface area is 105 Å². The molecule has 3 heterocycles. The van der Waals surface area contributed by atoms with Crippen LogP contribution in [0.5, 0.6) is 0 Å². The van der Waals surface area contributed by atoms with Crippen LogP contribution in [0.3, 0.4) is 0 Å². The van der Waals surface area contributed by atoms with Crippen LogP contribution in [0.1, 0.15) is 18.2 Å². The second kappa shape index (κ2) is 3.97. The van der Waals surface area contributed by atoms with Gasteiger partial charge in [0.2, 0.25) is 5.91 Å². The van der Waals surface area contributed by atoms with Gasteiger partial charge in [0.1, 0.15) is 6.04 Å². The lowest BCUT2D eigenvalue weighted by molar-refractivity contribution is -0.129. The third-order valence-corrected chi connectivity index (χ3v) is 3.32. The van der Waals surface area contributed by atoms with E-state index in [0.717, 1.165) is 24.5 Å². The van der Waals surface area contributed by atoms with Crippen LogP contribution in [-0.2, 0) is 4.79 Å². The lowest BCUT2D eigenvalue weighted by atomic mass is 10.2. The average molecular weight is 245 g/mol. The topological polar surface area (TPSA) is 66.8 Å². The zero-order chi connectivity index (χ0) is 12.7. The fraction of sp³-hybridized carbons (Fsp3) is 0.417. The van der Waals surface area contributed by atoms with Crippen LogP contribution in [0.15, 0.2) is 18.6 Å². The van der Waals surface area contributed by atoms with Crippen molar-refractivity contribution in [1.29, 1.82) is 0 Å². The number of nitrogens with zero attached hydrogens (tertiary/aromatic N) is 4. The molecule has 94 valence electrons. The molecule has 18 heavy (non-hydrogen) atoms. The molecular weight excluding hydrogens is 230 g/mol. The highest BCUT2D eigenvalue weighted by atomic mass is 16.2. The normalized spacial score (nSPS) is 19.8. The molecule has 1 saturated heterocycles. The van der Waals surface area contributed by atoms with Crippen molar-refractivity contribution in [3.63, 3.8) is 0 Å². The van der Waals surface area contributed by atoms with E-state index in [4.69, 9.17) is 0 Å². The van der Waals surface area contributed by atoms with Crippen molar-refractivity contribution >= 4 is 5.91 Å². The molecule has 1 atom stereocenters. The Balaban J connectivity index is 2.00. The first-order valence-electron chi connectivity index (χ1n) is 5.96. The molecule has 0 aliphatic carbocycles. The third-order valence-electron chi connectivity index (χ3n) is 3.32. The van der Waals surface area contributed by atoms with Gasteiger partial charge in [-0.3, -0.25) is 4.79 Å². The summed E-state index contributed by atoms with van der Waals surface area (Å²) in [5.74, 6) is 1.56. The number of carbonyl (C=O) groups is 1. The van der Waals surface area contributed by atoms with Gasteiger partial charge in [0, 0.05) is 37.9 Å². The molecule has 6 nitrogen and oxygen atoms in total. The first-order chi connectivity index (χ1) is 8.66. The zero-order valence-corrected chi connectivity index (χ0v) is 10.4. The Hall–Kier alpha value is -2.11. The van der Waals surface area contributed by atoms with E-state index in [9.17, 15) is 4.79 Å². The molecule has 3 rings (SSSR count). The molecule has 2 aromatic rings. The summed E-state index contributed by atoms with van der Waals surface area (Å²) in [4.78, 5) is 25.5. The molecule has 1 N–H and O–H groups in total. The fourth-order valence-electron chi connectivity index (χ4n) is 2.34. The number of aryl methyl sites for hydroxylation is 1. The van der Waals surface area contributed by atoms with Crippen molar-refractivity contribution < 1.29 is 4.79 Å². The summed E-state index contributed by atoms with van der Waals surface area (Å²) in [5, 5.41) is 0. The van der Waals surface area contributed by atoms with Crippen LogP contribution in [0.2, 0.25) is 0 Å². The minimum absolute atomic E-state index is 0.137. The smallest absolute Gasteiger partial charge is 0.245 e. The van der Waals surface area contributed by atoms with Crippen molar-refractivity contribution in [1.82, 2.24) is 24.4 Å². The van der Waals surface area contributed by atoms with Crippen LogP contribution < -0.4 is 0 Å². The van der Waals surface area contributed by atoms with Crippen LogP contribution >= 0.6 is 0 Å². The van der Waals surface area contributed by atoms with E-state index in [1.54, 1.807) is 17.3 Å². The first kappa shape index (κ1) is 11.0. The largest absolute Gasteiger partial charge is 0.344 e. The van der Waals surface area contributed by atoms with E-state index in [-0.39, 0.29) is 11.9 Å². The summed E-state index contributed by atoms with van der Waals surface area (Å²) in [6, 6.07) is -0.155. The average Bonchev–Trinajstić information content (AvgIpc) is 3.02. The summed E-state index contributed by atoms with van der Waals surface area (Å²) in [6.45, 7) is 2.73. The summed E-state index contributed by atoms with van der Waals surface area (Å²) >= 11 is 0. The number of aromatic nitrogens is 4. The standard InChI is InChI=1S/C12H15N5O/c1-8-7-14-10(15-8)11-13-4-6-17(11)9-3-5-16(2)12(9)18/h4,6-7,9H,3,5H2,1-2H3,(H,14,15). The van der Waals surface area contributed by atoms with Gasteiger partial charge in [-0.15, -0.1) is 0 Å². The predicted octanol–water partition coefficient (Wildman–Crippen LogP) is 0.985. The molecule has 6 heteroatoms. The van der Waals surface area contributed by atoms with Gasteiger partial charge < -0.3 is 14.5 Å². The van der Waals surface area contributed by atoms with Gasteiger partial charge in [-0.1, -0.05) is 0 Å². The Morgan fingerprint density at radius 3 is 2.89 bits per heavy atom. The number of hydrogen-bond donors (Lipinski definition) is 1. The number of hydrogen-bond acceptors (Lipinski definition) is 3. The molecule has 1 aliphatic heterocycles. The maximum absolute atomic E-state index is 12.0. The summed E-state index contributed by atoms with van der Waals surface area (Å²) < 4.78 is 1.91. The monoisotopic (exact) mass is 245 g/mol. The molecule has 2 aromatic heterocycles. The summed E-state index contributed by atoms with van der Waals surface area (Å²) in [7, 11) is 1.83. The minimum Gasteiger partial charge on any atom is -0.344 e. The number of rotatable bonds is 2. The number of nitrogens with one attached hydrogen (secondary N) is 1. The van der Waals surface area contributed by atoms with Gasteiger partial charge in [-0.25, -0.2) is 9.97 Å². The van der Waals surface area contributed by atoms with Gasteiger partial charge in [-0.05, 0) is 13.3 Å². The number of imidazole rings is 2. The van der Waals surface area contributed by atoms with Crippen LogP contribution in [-0.4, -0.2) is 43.9 Å². The van der Waals surface area contributed by atoms with Crippen molar-refractivity contribution in [2.45, 2.75) is 19.4 Å². The third kappa shape index (κ3) is 1.61. The fourth-order valence-corrected chi connectivity index (χ4v) is 2.34. The Morgan fingerprint density at radius 1 is 1.44 bits per heavy atom. The quantitative estimate of drug-likeness (QED) is 0.857. The number of H-pyrrole nitrogens is 1. The zero-order valence-electron chi connectivity index (χ0n) is 10.4. The summed E-state index contributed by atoms with van der Waals surface area (Å²) in [5.41, 5.74) is 0.981. The van der Waals surface area contributed by atoms with Crippen molar-refractivity contribution in [3.05, 3.63) is 24.3 Å². The first-order valence-corrected chi connectivity index (χ1v) is 5.96. The second-order valence-electron chi connectivity index (χ2n) is 4.64. The van der Waals surface area contributed by atoms with Gasteiger partial charge in [-0.2, -0.15) is 0 Å². The molecule has 0 aromatic carbocycles. The number of likely N-dealkylation sites (N-methyl/N-ethyl adjacent to an activating group) is 1. The molecule has 0 radical (unpaired) electrons. The highest BCUT2D eigenvalue weighted by molar-refractivity contribution is 5.82.